The van der Waals surface area contributed by atoms with Gasteiger partial charge in [0.05, 0.1) is 59.3 Å². The molecule has 1 aliphatic heterocycles. The molecule has 1 aliphatic rings. The Hall–Kier alpha value is -1.87. The van der Waals surface area contributed by atoms with E-state index in [1.54, 1.807) is 0 Å². The highest BCUT2D eigenvalue weighted by molar-refractivity contribution is 5.69. The minimum atomic E-state index is -0.470. The van der Waals surface area contributed by atoms with E-state index in [1.165, 1.54) is 68.1 Å². The monoisotopic (exact) mass is 735 g/mol. The first-order valence-electron chi connectivity index (χ1n) is 20.6. The summed E-state index contributed by atoms with van der Waals surface area (Å²) < 4.78 is 40.7. The van der Waals surface area contributed by atoms with Crippen molar-refractivity contribution in [3.05, 3.63) is 22.3 Å². The number of fused-ring (bicyclic) bond motifs is 1. The van der Waals surface area contributed by atoms with E-state index in [4.69, 9.17) is 33.2 Å². The lowest BCUT2D eigenvalue weighted by Gasteiger charge is -2.38. The molecule has 0 N–H and O–H groups in total. The molecule has 302 valence electrons. The second kappa shape index (κ2) is 24.5. The minimum Gasteiger partial charge on any atom is -0.491 e. The van der Waals surface area contributed by atoms with Crippen molar-refractivity contribution in [3.63, 3.8) is 0 Å². The van der Waals surface area contributed by atoms with Gasteiger partial charge in [0.15, 0.2) is 0 Å². The molecular weight excluding hydrogens is 656 g/mol. The summed E-state index contributed by atoms with van der Waals surface area (Å²) in [5, 5.41) is 0. The summed E-state index contributed by atoms with van der Waals surface area (Å²) in [6.07, 6.45) is 14.2. The molecule has 8 heteroatoms. The summed E-state index contributed by atoms with van der Waals surface area (Å²) >= 11 is 0. The molecule has 0 spiro atoms. The average Bonchev–Trinajstić information content (AvgIpc) is 3.05. The van der Waals surface area contributed by atoms with Crippen LogP contribution in [0.2, 0.25) is 0 Å². The van der Waals surface area contributed by atoms with Gasteiger partial charge in [0.1, 0.15) is 29.3 Å². The molecule has 1 aromatic carbocycles. The molecule has 0 fully saturated rings. The smallest absolute Gasteiger partial charge is 0.308 e. The first-order chi connectivity index (χ1) is 24.6. The van der Waals surface area contributed by atoms with Gasteiger partial charge in [-0.2, -0.15) is 0 Å². The van der Waals surface area contributed by atoms with Gasteiger partial charge in [0.25, 0.3) is 0 Å². The van der Waals surface area contributed by atoms with Gasteiger partial charge in [-0.05, 0) is 109 Å². The Balaban J connectivity index is 1.59. The summed E-state index contributed by atoms with van der Waals surface area (Å²) in [6.45, 7) is 28.1. The van der Waals surface area contributed by atoms with Crippen molar-refractivity contribution in [2.45, 2.75) is 164 Å². The van der Waals surface area contributed by atoms with Crippen molar-refractivity contribution in [2.75, 3.05) is 59.5 Å². The fourth-order valence-electron chi connectivity index (χ4n) is 6.99. The molecule has 0 aromatic heterocycles. The number of carbonyl (C=O) groups is 1. The topological polar surface area (TPSA) is 81.7 Å². The Morgan fingerprint density at radius 3 is 1.73 bits per heavy atom. The number of ether oxygens (including phenoxy) is 7. The zero-order chi connectivity index (χ0) is 38.6. The Morgan fingerprint density at radius 2 is 1.19 bits per heavy atom. The molecule has 2 rings (SSSR count). The molecule has 0 saturated carbocycles. The summed E-state index contributed by atoms with van der Waals surface area (Å²) in [5.74, 6) is 4.28. The van der Waals surface area contributed by atoms with Crippen LogP contribution in [0.25, 0.3) is 0 Å². The molecule has 0 radical (unpaired) electrons. The van der Waals surface area contributed by atoms with E-state index in [0.717, 1.165) is 54.1 Å². The number of hydrogen-bond donors (Lipinski definition) is 0. The minimum absolute atomic E-state index is 0.107. The van der Waals surface area contributed by atoms with Crippen LogP contribution < -0.4 is 9.47 Å². The maximum absolute atomic E-state index is 11.7. The van der Waals surface area contributed by atoms with Crippen LogP contribution in [-0.2, 0) is 34.9 Å². The largest absolute Gasteiger partial charge is 0.491 e. The van der Waals surface area contributed by atoms with Crippen LogP contribution in [0.5, 0.6) is 11.5 Å². The molecule has 1 aromatic rings. The Bertz CT molecular complexity index is 1140. The van der Waals surface area contributed by atoms with E-state index in [2.05, 4.69) is 55.4 Å². The third-order valence-electron chi connectivity index (χ3n) is 10.3. The second-order valence-electron chi connectivity index (χ2n) is 17.1. The van der Waals surface area contributed by atoms with E-state index in [1.807, 2.05) is 20.8 Å². The van der Waals surface area contributed by atoms with Gasteiger partial charge >= 0.3 is 5.97 Å². The Morgan fingerprint density at radius 1 is 0.692 bits per heavy atom. The number of rotatable bonds is 28. The third-order valence-corrected chi connectivity index (χ3v) is 10.3. The van der Waals surface area contributed by atoms with E-state index < -0.39 is 5.60 Å². The number of benzene rings is 1. The van der Waals surface area contributed by atoms with E-state index in [0.29, 0.717) is 59.5 Å². The van der Waals surface area contributed by atoms with Gasteiger partial charge in [-0.1, -0.05) is 72.6 Å². The Labute approximate surface area is 318 Å². The summed E-state index contributed by atoms with van der Waals surface area (Å²) in [5.41, 5.74) is 4.28. The standard InChI is InChI=1S/C44H78O8/c1-33(2)15-12-16-34(3)17-13-18-35(4)19-14-22-44(11)23-20-39-38(7)41(36(5)37(6)42(39)52-44)50-32-31-49-30-29-48-28-27-47-26-25-46-24-21-40(45)51-43(8,9)10/h33-35H,12-32H2,1-11H3/t34-,35-,44?/m1/s1. The van der Waals surface area contributed by atoms with Crippen LogP contribution in [0.4, 0.5) is 0 Å². The van der Waals surface area contributed by atoms with Crippen molar-refractivity contribution in [3.8, 4) is 11.5 Å². The van der Waals surface area contributed by atoms with Crippen LogP contribution in [0.15, 0.2) is 0 Å². The lowest BCUT2D eigenvalue weighted by atomic mass is 9.83. The van der Waals surface area contributed by atoms with Crippen molar-refractivity contribution in [2.24, 2.45) is 17.8 Å². The summed E-state index contributed by atoms with van der Waals surface area (Å²) in [4.78, 5) is 11.7. The van der Waals surface area contributed by atoms with Gasteiger partial charge in [-0.3, -0.25) is 4.79 Å². The lowest BCUT2D eigenvalue weighted by Crippen LogP contribution is -2.37. The highest BCUT2D eigenvalue weighted by atomic mass is 16.6. The van der Waals surface area contributed by atoms with Crippen LogP contribution in [0, 0.1) is 38.5 Å². The lowest BCUT2D eigenvalue weighted by molar-refractivity contribution is -0.156. The molecule has 52 heavy (non-hydrogen) atoms. The summed E-state index contributed by atoms with van der Waals surface area (Å²) in [6, 6.07) is 0. The SMILES string of the molecule is Cc1c(C)c2c(c(C)c1OCCOCCOCCOCCOCCC(=O)OC(C)(C)C)CCC(C)(CCC[C@H](C)CCC[C@H](C)CCCC(C)C)O2. The molecule has 8 nitrogen and oxygen atoms in total. The molecule has 1 heterocycles. The molecule has 1 unspecified atom stereocenters. The second-order valence-corrected chi connectivity index (χ2v) is 17.1. The predicted molar refractivity (Wildman–Crippen MR) is 212 cm³/mol. The van der Waals surface area contributed by atoms with Crippen LogP contribution in [0.1, 0.15) is 148 Å². The van der Waals surface area contributed by atoms with Crippen molar-refractivity contribution in [1.29, 1.82) is 0 Å². The van der Waals surface area contributed by atoms with Gasteiger partial charge < -0.3 is 33.2 Å². The predicted octanol–water partition coefficient (Wildman–Crippen LogP) is 10.3. The van der Waals surface area contributed by atoms with E-state index in [9.17, 15) is 4.79 Å². The molecule has 0 saturated heterocycles. The Kier molecular flexibility index (Phi) is 21.8. The van der Waals surface area contributed by atoms with Crippen LogP contribution in [-0.4, -0.2) is 76.6 Å². The highest BCUT2D eigenvalue weighted by Crippen LogP contribution is 2.45. The van der Waals surface area contributed by atoms with Crippen molar-refractivity contribution in [1.82, 2.24) is 0 Å². The van der Waals surface area contributed by atoms with Gasteiger partial charge in [0.2, 0.25) is 0 Å². The van der Waals surface area contributed by atoms with Crippen molar-refractivity contribution < 1.29 is 38.0 Å². The van der Waals surface area contributed by atoms with E-state index in [-0.39, 0.29) is 18.0 Å². The van der Waals surface area contributed by atoms with Gasteiger partial charge in [0, 0.05) is 5.56 Å². The quantitative estimate of drug-likeness (QED) is 0.0622. The summed E-state index contributed by atoms with van der Waals surface area (Å²) in [7, 11) is 0. The number of esters is 1. The molecule has 0 aliphatic carbocycles. The normalized spacial score (nSPS) is 17.2. The average molecular weight is 735 g/mol. The maximum atomic E-state index is 11.7. The zero-order valence-electron chi connectivity index (χ0n) is 35.3. The molecule has 3 atom stereocenters. The fraction of sp³-hybridized carbons (Fsp3) is 0.841. The highest BCUT2D eigenvalue weighted by Gasteiger charge is 2.34. The number of hydrogen-bond acceptors (Lipinski definition) is 8. The first kappa shape index (κ1) is 46.3. The molecular formula is C44H78O8. The van der Waals surface area contributed by atoms with E-state index >= 15 is 0 Å². The van der Waals surface area contributed by atoms with Gasteiger partial charge in [-0.25, -0.2) is 0 Å². The third kappa shape index (κ3) is 18.9. The van der Waals surface area contributed by atoms with Crippen LogP contribution in [0.3, 0.4) is 0 Å². The van der Waals surface area contributed by atoms with Crippen molar-refractivity contribution >= 4 is 5.97 Å². The molecule has 0 bridgehead atoms. The maximum Gasteiger partial charge on any atom is 0.308 e. The zero-order valence-corrected chi connectivity index (χ0v) is 35.3. The first-order valence-corrected chi connectivity index (χ1v) is 20.6. The fourth-order valence-corrected chi connectivity index (χ4v) is 6.99. The van der Waals surface area contributed by atoms with Crippen LogP contribution >= 0.6 is 0 Å². The number of carbonyl (C=O) groups excluding carboxylic acids is 1. The van der Waals surface area contributed by atoms with Gasteiger partial charge in [-0.15, -0.1) is 0 Å². The molecule has 0 amide bonds.